The van der Waals surface area contributed by atoms with E-state index in [0.717, 1.165) is 24.6 Å². The molecule has 0 aliphatic carbocycles. The highest BCUT2D eigenvalue weighted by molar-refractivity contribution is 5.34. The van der Waals surface area contributed by atoms with E-state index in [0.29, 0.717) is 0 Å². The molecule has 0 radical (unpaired) electrons. The molecular formula is C13H22N4. The molecule has 1 aliphatic heterocycles. The number of hydrogen-bond acceptors (Lipinski definition) is 4. The predicted molar refractivity (Wildman–Crippen MR) is 70.2 cm³/mol. The fourth-order valence-electron chi connectivity index (χ4n) is 2.25. The summed E-state index contributed by atoms with van der Waals surface area (Å²) in [4.78, 5) is 10.8. The number of aryl methyl sites for hydroxylation is 1. The van der Waals surface area contributed by atoms with Crippen LogP contribution in [0.25, 0.3) is 0 Å². The Kier molecular flexibility index (Phi) is 4.74. The van der Waals surface area contributed by atoms with Crippen molar-refractivity contribution in [3.8, 4) is 0 Å². The Morgan fingerprint density at radius 2 is 1.94 bits per heavy atom. The summed E-state index contributed by atoms with van der Waals surface area (Å²) in [5, 5.41) is 3.36. The van der Waals surface area contributed by atoms with E-state index in [-0.39, 0.29) is 0 Å². The average molecular weight is 234 g/mol. The van der Waals surface area contributed by atoms with Gasteiger partial charge in [0.1, 0.15) is 12.1 Å². The van der Waals surface area contributed by atoms with Crippen LogP contribution < -0.4 is 5.32 Å². The van der Waals surface area contributed by atoms with Gasteiger partial charge >= 0.3 is 0 Å². The Bertz CT molecular complexity index is 332. The van der Waals surface area contributed by atoms with E-state index in [1.165, 1.54) is 38.8 Å². The third-order valence-corrected chi connectivity index (χ3v) is 3.24. The van der Waals surface area contributed by atoms with Crippen LogP contribution in [-0.4, -0.2) is 41.0 Å². The molecule has 1 saturated heterocycles. The van der Waals surface area contributed by atoms with E-state index in [1.54, 1.807) is 6.33 Å². The molecule has 94 valence electrons. The molecule has 1 N–H and O–H groups in total. The molecule has 2 heterocycles. The quantitative estimate of drug-likeness (QED) is 0.866. The van der Waals surface area contributed by atoms with Crippen LogP contribution >= 0.6 is 0 Å². The van der Waals surface area contributed by atoms with Crippen molar-refractivity contribution in [1.29, 1.82) is 0 Å². The van der Waals surface area contributed by atoms with Crippen LogP contribution in [0.2, 0.25) is 0 Å². The lowest BCUT2D eigenvalue weighted by Crippen LogP contribution is -2.30. The fraction of sp³-hybridized carbons (Fsp3) is 0.692. The minimum absolute atomic E-state index is 0.937. The van der Waals surface area contributed by atoms with E-state index >= 15 is 0 Å². The van der Waals surface area contributed by atoms with Gasteiger partial charge in [-0.05, 0) is 32.9 Å². The molecule has 0 unspecified atom stereocenters. The van der Waals surface area contributed by atoms with Crippen molar-refractivity contribution < 1.29 is 0 Å². The monoisotopic (exact) mass is 234 g/mol. The van der Waals surface area contributed by atoms with Crippen molar-refractivity contribution in [2.75, 3.05) is 31.5 Å². The highest BCUT2D eigenvalue weighted by Crippen LogP contribution is 2.09. The number of rotatable bonds is 4. The van der Waals surface area contributed by atoms with Gasteiger partial charge in [-0.2, -0.15) is 0 Å². The summed E-state index contributed by atoms with van der Waals surface area (Å²) in [5.74, 6) is 0.937. The van der Waals surface area contributed by atoms with E-state index in [4.69, 9.17) is 0 Å². The summed E-state index contributed by atoms with van der Waals surface area (Å²) in [6.45, 7) is 6.58. The summed E-state index contributed by atoms with van der Waals surface area (Å²) in [6, 6.07) is 1.99. The number of nitrogens with zero attached hydrogens (tertiary/aromatic N) is 3. The summed E-state index contributed by atoms with van der Waals surface area (Å²) in [7, 11) is 0. The lowest BCUT2D eigenvalue weighted by Gasteiger charge is -2.19. The van der Waals surface area contributed by atoms with Gasteiger partial charge in [0.15, 0.2) is 0 Å². The Balaban J connectivity index is 1.71. The van der Waals surface area contributed by atoms with Crippen LogP contribution in [0.1, 0.15) is 31.4 Å². The molecule has 1 aromatic rings. The maximum atomic E-state index is 4.20. The zero-order chi connectivity index (χ0) is 11.9. The van der Waals surface area contributed by atoms with E-state index < -0.39 is 0 Å². The van der Waals surface area contributed by atoms with Crippen LogP contribution in [0.3, 0.4) is 0 Å². The SMILES string of the molecule is Cc1cc(NCCN2CCCCCC2)ncn1. The highest BCUT2D eigenvalue weighted by atomic mass is 15.1. The molecule has 17 heavy (non-hydrogen) atoms. The number of anilines is 1. The van der Waals surface area contributed by atoms with Crippen LogP contribution in [0.5, 0.6) is 0 Å². The second-order valence-corrected chi connectivity index (χ2v) is 4.73. The number of nitrogens with one attached hydrogen (secondary N) is 1. The van der Waals surface area contributed by atoms with Gasteiger partial charge in [0.2, 0.25) is 0 Å². The molecule has 1 fully saturated rings. The fourth-order valence-corrected chi connectivity index (χ4v) is 2.25. The zero-order valence-corrected chi connectivity index (χ0v) is 10.7. The molecule has 1 aliphatic rings. The van der Waals surface area contributed by atoms with Crippen molar-refractivity contribution in [2.45, 2.75) is 32.6 Å². The van der Waals surface area contributed by atoms with E-state index in [2.05, 4.69) is 20.2 Å². The van der Waals surface area contributed by atoms with Gasteiger partial charge in [0.05, 0.1) is 0 Å². The van der Waals surface area contributed by atoms with Gasteiger partial charge in [-0.1, -0.05) is 12.8 Å². The number of likely N-dealkylation sites (tertiary alicyclic amines) is 1. The predicted octanol–water partition coefficient (Wildman–Crippen LogP) is 2.07. The molecule has 2 rings (SSSR count). The summed E-state index contributed by atoms with van der Waals surface area (Å²) >= 11 is 0. The second kappa shape index (κ2) is 6.55. The third kappa shape index (κ3) is 4.30. The first-order valence-electron chi connectivity index (χ1n) is 6.59. The molecule has 0 bridgehead atoms. The highest BCUT2D eigenvalue weighted by Gasteiger charge is 2.07. The normalized spacial score (nSPS) is 17.7. The largest absolute Gasteiger partial charge is 0.369 e. The van der Waals surface area contributed by atoms with Gasteiger partial charge in [0, 0.05) is 24.8 Å². The van der Waals surface area contributed by atoms with Crippen molar-refractivity contribution in [3.05, 3.63) is 18.1 Å². The molecule has 0 saturated carbocycles. The first-order chi connectivity index (χ1) is 8.34. The smallest absolute Gasteiger partial charge is 0.129 e. The van der Waals surface area contributed by atoms with E-state index in [1.807, 2.05) is 13.0 Å². The van der Waals surface area contributed by atoms with Gasteiger partial charge < -0.3 is 10.2 Å². The number of aromatic nitrogens is 2. The van der Waals surface area contributed by atoms with Gasteiger partial charge in [0.25, 0.3) is 0 Å². The minimum atomic E-state index is 0.937. The Morgan fingerprint density at radius 3 is 2.65 bits per heavy atom. The number of hydrogen-bond donors (Lipinski definition) is 1. The standard InChI is InChI=1S/C13H22N4/c1-12-10-13(16-11-15-12)14-6-9-17-7-4-2-3-5-8-17/h10-11H,2-9H2,1H3,(H,14,15,16). The molecule has 0 aromatic carbocycles. The van der Waals surface area contributed by atoms with Crippen LogP contribution in [0, 0.1) is 6.92 Å². The Labute approximate surface area is 103 Å². The lowest BCUT2D eigenvalue weighted by atomic mass is 10.2. The lowest BCUT2D eigenvalue weighted by molar-refractivity contribution is 0.296. The Morgan fingerprint density at radius 1 is 1.18 bits per heavy atom. The van der Waals surface area contributed by atoms with Gasteiger partial charge in [-0.15, -0.1) is 0 Å². The minimum Gasteiger partial charge on any atom is -0.369 e. The van der Waals surface area contributed by atoms with Crippen LogP contribution in [0.15, 0.2) is 12.4 Å². The van der Waals surface area contributed by atoms with E-state index in [9.17, 15) is 0 Å². The Hall–Kier alpha value is -1.16. The third-order valence-electron chi connectivity index (χ3n) is 3.24. The first-order valence-corrected chi connectivity index (χ1v) is 6.59. The van der Waals surface area contributed by atoms with Crippen LogP contribution in [0.4, 0.5) is 5.82 Å². The first kappa shape index (κ1) is 12.3. The van der Waals surface area contributed by atoms with Crippen LogP contribution in [-0.2, 0) is 0 Å². The molecule has 0 spiro atoms. The summed E-state index contributed by atoms with van der Waals surface area (Å²) in [5.41, 5.74) is 1.01. The molecule has 4 heteroatoms. The molecule has 0 atom stereocenters. The maximum Gasteiger partial charge on any atom is 0.129 e. The van der Waals surface area contributed by atoms with Gasteiger partial charge in [-0.3, -0.25) is 0 Å². The summed E-state index contributed by atoms with van der Waals surface area (Å²) < 4.78 is 0. The zero-order valence-electron chi connectivity index (χ0n) is 10.7. The molecular weight excluding hydrogens is 212 g/mol. The molecule has 0 amide bonds. The van der Waals surface area contributed by atoms with Crippen molar-refractivity contribution in [2.24, 2.45) is 0 Å². The average Bonchev–Trinajstić information content (AvgIpc) is 2.58. The maximum absolute atomic E-state index is 4.20. The molecule has 1 aromatic heterocycles. The summed E-state index contributed by atoms with van der Waals surface area (Å²) in [6.07, 6.45) is 7.12. The second-order valence-electron chi connectivity index (χ2n) is 4.73. The van der Waals surface area contributed by atoms with Crippen molar-refractivity contribution >= 4 is 5.82 Å². The van der Waals surface area contributed by atoms with Crippen molar-refractivity contribution in [1.82, 2.24) is 14.9 Å². The molecule has 4 nitrogen and oxygen atoms in total. The van der Waals surface area contributed by atoms with Gasteiger partial charge in [-0.25, -0.2) is 9.97 Å². The van der Waals surface area contributed by atoms with Crippen molar-refractivity contribution in [3.63, 3.8) is 0 Å². The topological polar surface area (TPSA) is 41.0 Å².